The normalized spacial score (nSPS) is 17.4. The number of rotatable bonds is 8. The first kappa shape index (κ1) is 18.7. The van der Waals surface area contributed by atoms with E-state index in [0.717, 1.165) is 44.8 Å². The lowest BCUT2D eigenvalue weighted by Gasteiger charge is -2.29. The third kappa shape index (κ3) is 5.48. The van der Waals surface area contributed by atoms with Crippen LogP contribution in [0.1, 0.15) is 39.5 Å². The summed E-state index contributed by atoms with van der Waals surface area (Å²) in [5.74, 6) is 0.971. The average Bonchev–Trinajstić information content (AvgIpc) is 2.98. The molecule has 1 amide bonds. The maximum atomic E-state index is 12.5. The second kappa shape index (κ2) is 9.66. The number of amides is 1. The minimum Gasteiger partial charge on any atom is -0.380 e. The number of aliphatic imine (C=N–C) groups is 1. The molecule has 0 heterocycles. The van der Waals surface area contributed by atoms with Crippen molar-refractivity contribution < 1.29 is 9.53 Å². The highest BCUT2D eigenvalue weighted by Crippen LogP contribution is 2.39. The van der Waals surface area contributed by atoms with E-state index in [1.807, 2.05) is 27.9 Å². The van der Waals surface area contributed by atoms with Gasteiger partial charge >= 0.3 is 0 Å². The number of ether oxygens (including phenoxy) is 1. The first-order valence-corrected chi connectivity index (χ1v) is 8.37. The Balaban J connectivity index is 2.66. The van der Waals surface area contributed by atoms with Gasteiger partial charge in [0, 0.05) is 33.8 Å². The van der Waals surface area contributed by atoms with E-state index in [1.165, 1.54) is 0 Å². The highest BCUT2D eigenvalue weighted by molar-refractivity contribution is 5.84. The molecule has 0 atom stereocenters. The van der Waals surface area contributed by atoms with E-state index in [1.54, 1.807) is 4.90 Å². The lowest BCUT2D eigenvalue weighted by atomic mass is 9.85. The molecule has 22 heavy (non-hydrogen) atoms. The van der Waals surface area contributed by atoms with Gasteiger partial charge in [-0.15, -0.1) is 0 Å². The van der Waals surface area contributed by atoms with Gasteiger partial charge in [0.15, 0.2) is 5.96 Å². The zero-order chi connectivity index (χ0) is 16.4. The summed E-state index contributed by atoms with van der Waals surface area (Å²) in [6, 6.07) is 0. The van der Waals surface area contributed by atoms with Crippen molar-refractivity contribution in [1.82, 2.24) is 15.5 Å². The zero-order valence-electron chi connectivity index (χ0n) is 14.6. The standard InChI is InChI=1S/C16H32N4O2/c1-5-17-15(18-11-12-22-6-2)19-13-16(9-7-8-10-16)14(21)20(3)4/h5-13H2,1-4H3,(H2,17,18,19). The van der Waals surface area contributed by atoms with E-state index >= 15 is 0 Å². The topological polar surface area (TPSA) is 66.0 Å². The fourth-order valence-electron chi connectivity index (χ4n) is 2.92. The molecule has 2 N–H and O–H groups in total. The predicted octanol–water partition coefficient (Wildman–Crippen LogP) is 1.23. The summed E-state index contributed by atoms with van der Waals surface area (Å²) < 4.78 is 5.32. The molecule has 0 radical (unpaired) electrons. The predicted molar refractivity (Wildman–Crippen MR) is 90.1 cm³/mol. The third-order valence-corrected chi connectivity index (χ3v) is 4.05. The van der Waals surface area contributed by atoms with Crippen LogP contribution in [-0.2, 0) is 9.53 Å². The van der Waals surface area contributed by atoms with E-state index in [9.17, 15) is 4.79 Å². The van der Waals surface area contributed by atoms with Crippen molar-refractivity contribution in [2.45, 2.75) is 39.5 Å². The Morgan fingerprint density at radius 1 is 1.23 bits per heavy atom. The SMILES string of the molecule is CCNC(=NCC1(C(=O)N(C)C)CCCC1)NCCOCC. The second-order valence-electron chi connectivity index (χ2n) is 6.01. The lowest BCUT2D eigenvalue weighted by Crippen LogP contribution is -2.43. The van der Waals surface area contributed by atoms with Crippen LogP contribution in [0.5, 0.6) is 0 Å². The number of hydrogen-bond acceptors (Lipinski definition) is 3. The minimum absolute atomic E-state index is 0.207. The summed E-state index contributed by atoms with van der Waals surface area (Å²) in [6.45, 7) is 7.46. The zero-order valence-corrected chi connectivity index (χ0v) is 14.6. The Morgan fingerprint density at radius 2 is 1.91 bits per heavy atom. The van der Waals surface area contributed by atoms with Gasteiger partial charge in [0.1, 0.15) is 0 Å². The second-order valence-corrected chi connectivity index (χ2v) is 6.01. The molecule has 0 unspecified atom stereocenters. The van der Waals surface area contributed by atoms with Crippen molar-refractivity contribution in [1.29, 1.82) is 0 Å². The van der Waals surface area contributed by atoms with Gasteiger partial charge in [0.2, 0.25) is 5.91 Å². The molecule has 0 aromatic carbocycles. The molecule has 0 bridgehead atoms. The van der Waals surface area contributed by atoms with Gasteiger partial charge in [0.25, 0.3) is 0 Å². The number of carbonyl (C=O) groups is 1. The van der Waals surface area contributed by atoms with Crippen molar-refractivity contribution in [2.75, 3.05) is 46.9 Å². The van der Waals surface area contributed by atoms with Gasteiger partial charge in [-0.2, -0.15) is 0 Å². The molecular formula is C16H32N4O2. The molecule has 1 fully saturated rings. The number of nitrogens with zero attached hydrogens (tertiary/aromatic N) is 2. The number of guanidine groups is 1. The molecule has 0 aromatic rings. The van der Waals surface area contributed by atoms with E-state index in [-0.39, 0.29) is 11.3 Å². The Labute approximate surface area is 134 Å². The quantitative estimate of drug-likeness (QED) is 0.402. The fourth-order valence-corrected chi connectivity index (χ4v) is 2.92. The maximum absolute atomic E-state index is 12.5. The van der Waals surface area contributed by atoms with Gasteiger partial charge in [-0.05, 0) is 26.7 Å². The summed E-state index contributed by atoms with van der Waals surface area (Å²) in [4.78, 5) is 18.9. The summed E-state index contributed by atoms with van der Waals surface area (Å²) in [5, 5.41) is 6.48. The Morgan fingerprint density at radius 3 is 2.45 bits per heavy atom. The van der Waals surface area contributed by atoms with Crippen LogP contribution in [0.4, 0.5) is 0 Å². The highest BCUT2D eigenvalue weighted by Gasteiger charge is 2.41. The smallest absolute Gasteiger partial charge is 0.230 e. The fraction of sp³-hybridized carbons (Fsp3) is 0.875. The molecule has 0 saturated heterocycles. The molecule has 0 aromatic heterocycles. The Kier molecular flexibility index (Phi) is 8.24. The van der Waals surface area contributed by atoms with Gasteiger partial charge in [0.05, 0.1) is 18.6 Å². The van der Waals surface area contributed by atoms with Crippen LogP contribution in [0.3, 0.4) is 0 Å². The van der Waals surface area contributed by atoms with Crippen molar-refractivity contribution in [3.63, 3.8) is 0 Å². The van der Waals surface area contributed by atoms with Crippen LogP contribution in [0.2, 0.25) is 0 Å². The molecule has 1 aliphatic rings. The van der Waals surface area contributed by atoms with Crippen LogP contribution < -0.4 is 10.6 Å². The monoisotopic (exact) mass is 312 g/mol. The van der Waals surface area contributed by atoms with Crippen molar-refractivity contribution in [2.24, 2.45) is 10.4 Å². The third-order valence-electron chi connectivity index (χ3n) is 4.05. The molecule has 0 spiro atoms. The van der Waals surface area contributed by atoms with Crippen LogP contribution in [-0.4, -0.2) is 63.7 Å². The largest absolute Gasteiger partial charge is 0.380 e. The first-order valence-electron chi connectivity index (χ1n) is 8.37. The number of nitrogens with one attached hydrogen (secondary N) is 2. The van der Waals surface area contributed by atoms with Gasteiger partial charge in [-0.1, -0.05) is 12.8 Å². The van der Waals surface area contributed by atoms with E-state index in [4.69, 9.17) is 4.74 Å². The molecule has 6 nitrogen and oxygen atoms in total. The van der Waals surface area contributed by atoms with Gasteiger partial charge in [-0.25, -0.2) is 0 Å². The molecular weight excluding hydrogens is 280 g/mol. The minimum atomic E-state index is -0.314. The van der Waals surface area contributed by atoms with Gasteiger partial charge in [-0.3, -0.25) is 9.79 Å². The van der Waals surface area contributed by atoms with Crippen LogP contribution in [0.25, 0.3) is 0 Å². The van der Waals surface area contributed by atoms with Gasteiger partial charge < -0.3 is 20.3 Å². The summed E-state index contributed by atoms with van der Waals surface area (Å²) in [7, 11) is 3.66. The van der Waals surface area contributed by atoms with Crippen molar-refractivity contribution >= 4 is 11.9 Å². The molecule has 0 aliphatic heterocycles. The Hall–Kier alpha value is -1.30. The molecule has 6 heteroatoms. The molecule has 128 valence electrons. The molecule has 1 rings (SSSR count). The number of hydrogen-bond donors (Lipinski definition) is 2. The highest BCUT2D eigenvalue weighted by atomic mass is 16.5. The molecule has 1 saturated carbocycles. The average molecular weight is 312 g/mol. The summed E-state index contributed by atoms with van der Waals surface area (Å²) >= 11 is 0. The van der Waals surface area contributed by atoms with Crippen LogP contribution >= 0.6 is 0 Å². The van der Waals surface area contributed by atoms with Crippen molar-refractivity contribution in [3.8, 4) is 0 Å². The summed E-state index contributed by atoms with van der Waals surface area (Å²) in [5.41, 5.74) is -0.314. The lowest BCUT2D eigenvalue weighted by molar-refractivity contribution is -0.138. The summed E-state index contributed by atoms with van der Waals surface area (Å²) in [6.07, 6.45) is 4.10. The Bertz CT molecular complexity index is 363. The van der Waals surface area contributed by atoms with E-state index in [0.29, 0.717) is 19.7 Å². The van der Waals surface area contributed by atoms with E-state index < -0.39 is 0 Å². The van der Waals surface area contributed by atoms with Crippen molar-refractivity contribution in [3.05, 3.63) is 0 Å². The first-order chi connectivity index (χ1) is 10.6. The number of carbonyl (C=O) groups excluding carboxylic acids is 1. The van der Waals surface area contributed by atoms with E-state index in [2.05, 4.69) is 15.6 Å². The molecule has 1 aliphatic carbocycles. The van der Waals surface area contributed by atoms with Crippen LogP contribution in [0, 0.1) is 5.41 Å². The van der Waals surface area contributed by atoms with Crippen LogP contribution in [0.15, 0.2) is 4.99 Å². The maximum Gasteiger partial charge on any atom is 0.230 e.